The fourth-order valence-electron chi connectivity index (χ4n) is 5.66. The fourth-order valence-corrected chi connectivity index (χ4v) is 5.66. The number of benzene rings is 2. The zero-order valence-corrected chi connectivity index (χ0v) is 24.5. The van der Waals surface area contributed by atoms with Crippen LogP contribution >= 0.6 is 0 Å². The third-order valence-corrected chi connectivity index (χ3v) is 8.15. The molecule has 1 aliphatic rings. The van der Waals surface area contributed by atoms with Crippen molar-refractivity contribution < 1.29 is 14.6 Å². The van der Waals surface area contributed by atoms with Gasteiger partial charge in [-0.2, -0.15) is 5.10 Å². The highest BCUT2D eigenvalue weighted by Gasteiger charge is 2.23. The number of carbonyl (C=O) groups is 1. The van der Waals surface area contributed by atoms with Gasteiger partial charge in [-0.15, -0.1) is 0 Å². The number of aliphatic hydroxyl groups is 1. The highest BCUT2D eigenvalue weighted by Crippen LogP contribution is 2.36. The van der Waals surface area contributed by atoms with Gasteiger partial charge in [0.2, 0.25) is 5.88 Å². The molecule has 218 valence electrons. The normalized spacial score (nSPS) is 16.7. The van der Waals surface area contributed by atoms with E-state index in [-0.39, 0.29) is 17.7 Å². The molecule has 0 saturated heterocycles. The molecule has 0 unspecified atom stereocenters. The molecule has 1 fully saturated rings. The van der Waals surface area contributed by atoms with Crippen molar-refractivity contribution in [2.45, 2.75) is 58.2 Å². The first-order valence-corrected chi connectivity index (χ1v) is 14.3. The van der Waals surface area contributed by atoms with Crippen LogP contribution in [0.5, 0.6) is 5.88 Å². The summed E-state index contributed by atoms with van der Waals surface area (Å²) < 4.78 is 6.81. The maximum absolute atomic E-state index is 12.9. The van der Waals surface area contributed by atoms with Gasteiger partial charge in [-0.05, 0) is 67.1 Å². The van der Waals surface area contributed by atoms with Crippen LogP contribution < -0.4 is 20.9 Å². The molecule has 4 aromatic rings. The predicted octanol–water partition coefficient (Wildman–Crippen LogP) is 4.78. The number of aromatic nitrogens is 3. The lowest BCUT2D eigenvalue weighted by atomic mass is 9.91. The maximum Gasteiger partial charge on any atom is 0.279 e. The molecule has 2 aromatic carbocycles. The number of aliphatic hydroxyl groups excluding tert-OH is 1. The zero-order valence-electron chi connectivity index (χ0n) is 24.5. The van der Waals surface area contributed by atoms with E-state index in [1.165, 1.54) is 19.3 Å². The predicted molar refractivity (Wildman–Crippen MR) is 164 cm³/mol. The van der Waals surface area contributed by atoms with Crippen molar-refractivity contribution in [1.82, 2.24) is 20.1 Å². The molecular formula is C33H37N5O4. The number of amides is 1. The minimum atomic E-state index is -0.479. The van der Waals surface area contributed by atoms with E-state index in [4.69, 9.17) is 9.72 Å². The second-order valence-corrected chi connectivity index (χ2v) is 10.8. The molecule has 2 heterocycles. The van der Waals surface area contributed by atoms with E-state index in [0.29, 0.717) is 18.1 Å². The number of anilines is 1. The number of nitrogens with zero attached hydrogens (tertiary/aromatic N) is 3. The first kappa shape index (κ1) is 29.2. The summed E-state index contributed by atoms with van der Waals surface area (Å²) in [7, 11) is 3.14. The Balaban J connectivity index is 1.41. The van der Waals surface area contributed by atoms with Gasteiger partial charge in [0.1, 0.15) is 5.56 Å². The Morgan fingerprint density at radius 2 is 1.71 bits per heavy atom. The zero-order chi connectivity index (χ0) is 29.8. The summed E-state index contributed by atoms with van der Waals surface area (Å²) in [6, 6.07) is 17.4. The molecule has 1 amide bonds. The van der Waals surface area contributed by atoms with E-state index in [1.807, 2.05) is 49.4 Å². The summed E-state index contributed by atoms with van der Waals surface area (Å²) >= 11 is 0. The van der Waals surface area contributed by atoms with E-state index in [0.717, 1.165) is 69.4 Å². The monoisotopic (exact) mass is 567 g/mol. The molecule has 5 rings (SSSR count). The van der Waals surface area contributed by atoms with Crippen LogP contribution in [0.4, 0.5) is 5.69 Å². The smallest absolute Gasteiger partial charge is 0.279 e. The number of rotatable bonds is 8. The first-order chi connectivity index (χ1) is 20.3. The van der Waals surface area contributed by atoms with Crippen LogP contribution in [0.1, 0.15) is 52.7 Å². The van der Waals surface area contributed by atoms with Crippen LogP contribution in [0, 0.1) is 13.8 Å². The molecular weight excluding hydrogens is 530 g/mol. The van der Waals surface area contributed by atoms with E-state index in [9.17, 15) is 14.7 Å². The number of ether oxygens (including phenoxy) is 1. The number of aryl methyl sites for hydroxylation is 1. The van der Waals surface area contributed by atoms with Crippen LogP contribution in [-0.2, 0) is 13.6 Å². The molecule has 0 bridgehead atoms. The number of carbonyl (C=O) groups excluding carboxylic acids is 1. The summed E-state index contributed by atoms with van der Waals surface area (Å²) in [6.07, 6.45) is 5.11. The van der Waals surface area contributed by atoms with E-state index >= 15 is 0 Å². The van der Waals surface area contributed by atoms with Gasteiger partial charge in [-0.3, -0.25) is 9.59 Å². The number of pyridine rings is 1. The van der Waals surface area contributed by atoms with Gasteiger partial charge in [-0.25, -0.2) is 9.67 Å². The van der Waals surface area contributed by atoms with E-state index in [2.05, 4.69) is 28.7 Å². The van der Waals surface area contributed by atoms with Crippen molar-refractivity contribution >= 4 is 11.6 Å². The highest BCUT2D eigenvalue weighted by atomic mass is 16.5. The average molecular weight is 568 g/mol. The Hall–Kier alpha value is -4.34. The molecule has 0 aliphatic heterocycles. The first-order valence-electron chi connectivity index (χ1n) is 14.3. The van der Waals surface area contributed by atoms with Gasteiger partial charge in [0.15, 0.2) is 0 Å². The average Bonchev–Trinajstić information content (AvgIpc) is 2.99. The van der Waals surface area contributed by atoms with E-state index < -0.39 is 11.5 Å². The molecule has 0 spiro atoms. The van der Waals surface area contributed by atoms with Gasteiger partial charge in [0.25, 0.3) is 11.5 Å². The van der Waals surface area contributed by atoms with Crippen LogP contribution in [-0.4, -0.2) is 45.0 Å². The van der Waals surface area contributed by atoms with Gasteiger partial charge < -0.3 is 20.5 Å². The van der Waals surface area contributed by atoms with Crippen molar-refractivity contribution in [3.8, 4) is 28.3 Å². The topological polar surface area (TPSA) is 118 Å². The summed E-state index contributed by atoms with van der Waals surface area (Å²) in [4.78, 5) is 30.2. The molecule has 1 saturated carbocycles. The molecule has 0 radical (unpaired) electrons. The molecule has 42 heavy (non-hydrogen) atoms. The van der Waals surface area contributed by atoms with Gasteiger partial charge in [-0.1, -0.05) is 49.2 Å². The Labute approximate surface area is 245 Å². The fraction of sp³-hybridized carbons (Fsp3) is 0.333. The largest absolute Gasteiger partial charge is 0.481 e. The third kappa shape index (κ3) is 5.98. The Bertz CT molecular complexity index is 1670. The Morgan fingerprint density at radius 1 is 1.00 bits per heavy atom. The van der Waals surface area contributed by atoms with Crippen LogP contribution in [0.2, 0.25) is 0 Å². The molecule has 1 aliphatic carbocycles. The molecule has 3 N–H and O–H groups in total. The van der Waals surface area contributed by atoms with Gasteiger partial charge in [0.05, 0.1) is 18.9 Å². The van der Waals surface area contributed by atoms with Crippen molar-refractivity contribution in [1.29, 1.82) is 0 Å². The summed E-state index contributed by atoms with van der Waals surface area (Å²) in [5.74, 6) is 0.0749. The van der Waals surface area contributed by atoms with Crippen LogP contribution in [0.3, 0.4) is 0 Å². The van der Waals surface area contributed by atoms with Gasteiger partial charge >= 0.3 is 0 Å². The number of methoxy groups -OCH3 is 1. The third-order valence-electron chi connectivity index (χ3n) is 8.15. The molecule has 9 heteroatoms. The molecule has 9 nitrogen and oxygen atoms in total. The Morgan fingerprint density at radius 3 is 2.48 bits per heavy atom. The quantitative estimate of drug-likeness (QED) is 0.280. The lowest BCUT2D eigenvalue weighted by molar-refractivity contribution is 0.0901. The summed E-state index contributed by atoms with van der Waals surface area (Å²) in [6.45, 7) is 4.58. The second-order valence-electron chi connectivity index (χ2n) is 10.8. The van der Waals surface area contributed by atoms with Crippen molar-refractivity contribution in [3.63, 3.8) is 0 Å². The number of nitrogens with one attached hydrogen (secondary N) is 2. The maximum atomic E-state index is 12.9. The van der Waals surface area contributed by atoms with Crippen LogP contribution in [0.25, 0.3) is 22.4 Å². The number of hydrogen-bond acceptors (Lipinski definition) is 7. The second kappa shape index (κ2) is 12.7. The molecule has 2 aromatic heterocycles. The lowest BCUT2D eigenvalue weighted by Crippen LogP contribution is -2.41. The summed E-state index contributed by atoms with van der Waals surface area (Å²) in [5.41, 5.74) is 6.81. The van der Waals surface area contributed by atoms with Crippen molar-refractivity contribution in [2.24, 2.45) is 7.05 Å². The van der Waals surface area contributed by atoms with Crippen LogP contribution in [0.15, 0.2) is 65.6 Å². The van der Waals surface area contributed by atoms with E-state index in [1.54, 1.807) is 7.11 Å². The Kier molecular flexibility index (Phi) is 8.80. The standard InChI is InChI=1S/C33H37N5O4/c1-20-23(24-10-8-13-27(21(24)2)36-31(40)26-17-18-35-38(3)33(26)41)9-7-11-25(20)28-16-15-22(32(37-28)42-4)19-34-29-12-5-6-14-30(29)39/h7-11,13,15-18,29-30,34,39H,5-6,12,14,19H2,1-4H3,(H,36,40)/t29-,30+/m1/s1. The van der Waals surface area contributed by atoms with Crippen molar-refractivity contribution in [2.75, 3.05) is 12.4 Å². The van der Waals surface area contributed by atoms with Gasteiger partial charge in [0, 0.05) is 42.6 Å². The van der Waals surface area contributed by atoms with Crippen molar-refractivity contribution in [3.05, 3.63) is 93.4 Å². The highest BCUT2D eigenvalue weighted by molar-refractivity contribution is 6.04. The lowest BCUT2D eigenvalue weighted by Gasteiger charge is -2.28. The minimum absolute atomic E-state index is 0.0315. The SMILES string of the molecule is COc1nc(-c2cccc(-c3cccc(NC(=O)c4ccnn(C)c4=O)c3C)c2C)ccc1CN[C@@H]1CCCC[C@@H]1O. The number of hydrogen-bond donors (Lipinski definition) is 3. The summed E-state index contributed by atoms with van der Waals surface area (Å²) in [5, 5.41) is 20.6. The molecule has 2 atom stereocenters. The minimum Gasteiger partial charge on any atom is -0.481 e.